The Bertz CT molecular complexity index is 915. The SMILES string of the molecule is CSCCCNC(=NCc1nnc(C)n1C)NCCc1ccc(-n2cccn2)cc1. The minimum atomic E-state index is 0.494. The van der Waals surface area contributed by atoms with Crippen LogP contribution in [0.2, 0.25) is 0 Å². The summed E-state index contributed by atoms with van der Waals surface area (Å²) in [5.74, 6) is 3.68. The first-order valence-electron chi connectivity index (χ1n) is 10.1. The van der Waals surface area contributed by atoms with Crippen molar-refractivity contribution in [2.45, 2.75) is 26.3 Å². The van der Waals surface area contributed by atoms with Gasteiger partial charge in [0.25, 0.3) is 0 Å². The molecule has 3 rings (SSSR count). The Balaban J connectivity index is 1.54. The van der Waals surface area contributed by atoms with Gasteiger partial charge in [-0.1, -0.05) is 12.1 Å². The van der Waals surface area contributed by atoms with Crippen LogP contribution in [-0.2, 0) is 20.0 Å². The molecular formula is C21H30N8S. The van der Waals surface area contributed by atoms with E-state index in [9.17, 15) is 0 Å². The second kappa shape index (κ2) is 11.4. The third-order valence-corrected chi connectivity index (χ3v) is 5.49. The first-order valence-corrected chi connectivity index (χ1v) is 11.5. The van der Waals surface area contributed by atoms with Gasteiger partial charge in [-0.2, -0.15) is 16.9 Å². The molecule has 0 fully saturated rings. The maximum atomic E-state index is 4.70. The molecule has 0 bridgehead atoms. The molecule has 30 heavy (non-hydrogen) atoms. The Labute approximate surface area is 182 Å². The van der Waals surface area contributed by atoms with Crippen LogP contribution in [0.15, 0.2) is 47.7 Å². The highest BCUT2D eigenvalue weighted by atomic mass is 32.2. The van der Waals surface area contributed by atoms with Crippen LogP contribution in [0.5, 0.6) is 0 Å². The van der Waals surface area contributed by atoms with Gasteiger partial charge in [-0.3, -0.25) is 0 Å². The first kappa shape index (κ1) is 21.9. The van der Waals surface area contributed by atoms with Gasteiger partial charge in [0.15, 0.2) is 11.8 Å². The molecule has 0 aliphatic heterocycles. The summed E-state index contributed by atoms with van der Waals surface area (Å²) in [5.41, 5.74) is 2.33. The van der Waals surface area contributed by atoms with Crippen molar-refractivity contribution in [1.29, 1.82) is 0 Å². The van der Waals surface area contributed by atoms with Gasteiger partial charge in [0.05, 0.1) is 5.69 Å². The zero-order chi connectivity index (χ0) is 21.2. The molecule has 160 valence electrons. The van der Waals surface area contributed by atoms with E-state index in [2.05, 4.69) is 56.5 Å². The lowest BCUT2D eigenvalue weighted by Gasteiger charge is -2.13. The van der Waals surface area contributed by atoms with E-state index in [1.165, 1.54) is 5.56 Å². The van der Waals surface area contributed by atoms with Crippen molar-refractivity contribution >= 4 is 17.7 Å². The van der Waals surface area contributed by atoms with Crippen LogP contribution >= 0.6 is 11.8 Å². The fourth-order valence-corrected chi connectivity index (χ4v) is 3.33. The molecule has 0 radical (unpaired) electrons. The predicted molar refractivity (Wildman–Crippen MR) is 123 cm³/mol. The molecule has 2 aromatic heterocycles. The molecule has 0 aliphatic rings. The molecule has 0 aliphatic carbocycles. The Morgan fingerprint density at radius 3 is 2.60 bits per heavy atom. The quantitative estimate of drug-likeness (QED) is 0.294. The molecule has 0 atom stereocenters. The van der Waals surface area contributed by atoms with E-state index in [1.807, 2.05) is 47.2 Å². The summed E-state index contributed by atoms with van der Waals surface area (Å²) in [5, 5.41) is 19.4. The molecule has 0 unspecified atom stereocenters. The number of guanidine groups is 1. The monoisotopic (exact) mass is 426 g/mol. The lowest BCUT2D eigenvalue weighted by Crippen LogP contribution is -2.39. The van der Waals surface area contributed by atoms with Gasteiger partial charge in [-0.05, 0) is 55.5 Å². The molecule has 8 nitrogen and oxygen atoms in total. The molecule has 1 aromatic carbocycles. The summed E-state index contributed by atoms with van der Waals surface area (Å²) < 4.78 is 3.83. The molecule has 9 heteroatoms. The normalized spacial score (nSPS) is 11.6. The van der Waals surface area contributed by atoms with Crippen molar-refractivity contribution in [3.63, 3.8) is 0 Å². The van der Waals surface area contributed by atoms with Gasteiger partial charge in [0.1, 0.15) is 12.4 Å². The summed E-state index contributed by atoms with van der Waals surface area (Å²) in [6.45, 7) is 4.13. The Morgan fingerprint density at radius 2 is 1.93 bits per heavy atom. The Kier molecular flexibility index (Phi) is 8.31. The number of nitrogens with one attached hydrogen (secondary N) is 2. The third kappa shape index (κ3) is 6.35. The first-order chi connectivity index (χ1) is 14.7. The number of rotatable bonds is 10. The van der Waals surface area contributed by atoms with Crippen LogP contribution in [0, 0.1) is 6.92 Å². The van der Waals surface area contributed by atoms with Crippen molar-refractivity contribution in [3.8, 4) is 5.69 Å². The number of nitrogens with zero attached hydrogens (tertiary/aromatic N) is 6. The van der Waals surface area contributed by atoms with Crippen molar-refractivity contribution in [2.75, 3.05) is 25.1 Å². The lowest BCUT2D eigenvalue weighted by molar-refractivity contribution is 0.742. The van der Waals surface area contributed by atoms with Crippen molar-refractivity contribution < 1.29 is 0 Å². The van der Waals surface area contributed by atoms with Crippen LogP contribution < -0.4 is 10.6 Å². The average molecular weight is 427 g/mol. The summed E-state index contributed by atoms with van der Waals surface area (Å²) in [4.78, 5) is 4.70. The van der Waals surface area contributed by atoms with Crippen molar-refractivity contribution in [2.24, 2.45) is 12.0 Å². The zero-order valence-electron chi connectivity index (χ0n) is 17.9. The Morgan fingerprint density at radius 1 is 1.13 bits per heavy atom. The molecule has 0 spiro atoms. The topological polar surface area (TPSA) is 85.0 Å². The van der Waals surface area contributed by atoms with E-state index in [0.29, 0.717) is 6.54 Å². The second-order valence-corrected chi connectivity index (χ2v) is 7.94. The molecule has 3 aromatic rings. The van der Waals surface area contributed by atoms with E-state index in [4.69, 9.17) is 4.99 Å². The number of aliphatic imine (C=N–C) groups is 1. The van der Waals surface area contributed by atoms with Crippen molar-refractivity contribution in [1.82, 2.24) is 35.2 Å². The highest BCUT2D eigenvalue weighted by Crippen LogP contribution is 2.09. The predicted octanol–water partition coefficient (Wildman–Crippen LogP) is 2.34. The lowest BCUT2D eigenvalue weighted by atomic mass is 10.1. The number of benzene rings is 1. The molecule has 2 heterocycles. The van der Waals surface area contributed by atoms with E-state index in [1.54, 1.807) is 6.20 Å². The number of aromatic nitrogens is 5. The summed E-state index contributed by atoms with van der Waals surface area (Å²) >= 11 is 1.86. The maximum Gasteiger partial charge on any atom is 0.191 e. The number of hydrogen-bond donors (Lipinski definition) is 2. The zero-order valence-corrected chi connectivity index (χ0v) is 18.7. The fraction of sp³-hybridized carbons (Fsp3) is 0.429. The molecule has 0 amide bonds. The average Bonchev–Trinajstić information content (AvgIpc) is 3.41. The van der Waals surface area contributed by atoms with E-state index >= 15 is 0 Å². The summed E-state index contributed by atoms with van der Waals surface area (Å²) in [7, 11) is 1.96. The highest BCUT2D eigenvalue weighted by Gasteiger charge is 2.05. The van der Waals surface area contributed by atoms with Gasteiger partial charge in [0, 0.05) is 32.5 Å². The molecule has 0 saturated carbocycles. The van der Waals surface area contributed by atoms with E-state index < -0.39 is 0 Å². The standard InChI is InChI=1S/C21H30N8S/c1-17-26-27-20(28(17)2)16-24-21(22-11-5-15-30-3)23-13-10-18-6-8-19(9-7-18)29-14-4-12-25-29/h4,6-9,12,14H,5,10-11,13,15-16H2,1-3H3,(H2,22,23,24). The maximum absolute atomic E-state index is 4.70. The number of aryl methyl sites for hydroxylation is 1. The van der Waals surface area contributed by atoms with Gasteiger partial charge >= 0.3 is 0 Å². The van der Waals surface area contributed by atoms with Gasteiger partial charge in [-0.15, -0.1) is 10.2 Å². The minimum absolute atomic E-state index is 0.494. The Hall–Kier alpha value is -2.81. The molecule has 2 N–H and O–H groups in total. The van der Waals surface area contributed by atoms with Crippen molar-refractivity contribution in [3.05, 3.63) is 59.9 Å². The van der Waals surface area contributed by atoms with Crippen LogP contribution in [0.25, 0.3) is 5.69 Å². The molecular weight excluding hydrogens is 396 g/mol. The molecule has 0 saturated heterocycles. The van der Waals surface area contributed by atoms with E-state index in [-0.39, 0.29) is 0 Å². The summed E-state index contributed by atoms with van der Waals surface area (Å²) in [6.07, 6.45) is 7.86. The summed E-state index contributed by atoms with van der Waals surface area (Å²) in [6, 6.07) is 10.4. The number of hydrogen-bond acceptors (Lipinski definition) is 5. The van der Waals surface area contributed by atoms with Crippen LogP contribution in [0.4, 0.5) is 0 Å². The fourth-order valence-electron chi connectivity index (χ4n) is 2.90. The van der Waals surface area contributed by atoms with Crippen LogP contribution in [0.1, 0.15) is 23.6 Å². The number of thioether (sulfide) groups is 1. The third-order valence-electron chi connectivity index (χ3n) is 4.79. The van der Waals surface area contributed by atoms with Gasteiger partial charge < -0.3 is 15.2 Å². The van der Waals surface area contributed by atoms with Gasteiger partial charge in [-0.25, -0.2) is 9.67 Å². The van der Waals surface area contributed by atoms with Crippen LogP contribution in [-0.4, -0.2) is 55.6 Å². The highest BCUT2D eigenvalue weighted by molar-refractivity contribution is 7.98. The largest absolute Gasteiger partial charge is 0.356 e. The van der Waals surface area contributed by atoms with E-state index in [0.717, 1.165) is 55.0 Å². The second-order valence-electron chi connectivity index (χ2n) is 6.95. The minimum Gasteiger partial charge on any atom is -0.356 e. The van der Waals surface area contributed by atoms with Gasteiger partial charge in [0.2, 0.25) is 0 Å². The van der Waals surface area contributed by atoms with Crippen LogP contribution in [0.3, 0.4) is 0 Å². The smallest absolute Gasteiger partial charge is 0.191 e.